The second-order valence-corrected chi connectivity index (χ2v) is 7.40. The zero-order valence-corrected chi connectivity index (χ0v) is 16.0. The van der Waals surface area contributed by atoms with Crippen LogP contribution >= 0.6 is 0 Å². The van der Waals surface area contributed by atoms with Gasteiger partial charge in [0, 0.05) is 57.3 Å². The highest BCUT2D eigenvalue weighted by atomic mass is 16.2. The third kappa shape index (κ3) is 3.64. The Labute approximate surface area is 159 Å². The summed E-state index contributed by atoms with van der Waals surface area (Å²) in [5.74, 6) is 1.95. The van der Waals surface area contributed by atoms with Gasteiger partial charge in [-0.3, -0.25) is 9.78 Å². The van der Waals surface area contributed by atoms with E-state index in [-0.39, 0.29) is 11.8 Å². The summed E-state index contributed by atoms with van der Waals surface area (Å²) in [5.41, 5.74) is 2.85. The Bertz CT molecular complexity index is 807. The molecule has 7 nitrogen and oxygen atoms in total. The maximum atomic E-state index is 12.8. The molecule has 0 aromatic carbocycles. The van der Waals surface area contributed by atoms with Crippen molar-refractivity contribution in [2.45, 2.75) is 31.7 Å². The number of carbonyl (C=O) groups excluding carboxylic acids is 1. The van der Waals surface area contributed by atoms with E-state index in [1.165, 1.54) is 5.56 Å². The Balaban J connectivity index is 1.57. The highest BCUT2D eigenvalue weighted by Gasteiger charge is 2.29. The zero-order valence-electron chi connectivity index (χ0n) is 16.0. The topological polar surface area (TPSA) is 74.2 Å². The van der Waals surface area contributed by atoms with E-state index in [0.29, 0.717) is 12.2 Å². The third-order valence-corrected chi connectivity index (χ3v) is 5.46. The molecule has 1 amide bonds. The largest absolute Gasteiger partial charge is 0.373 e. The highest BCUT2D eigenvalue weighted by Crippen LogP contribution is 2.29. The summed E-state index contributed by atoms with van der Waals surface area (Å²) in [5, 5.41) is 3.25. The van der Waals surface area contributed by atoms with Gasteiger partial charge in [0.25, 0.3) is 5.91 Å². The Morgan fingerprint density at radius 2 is 2.15 bits per heavy atom. The average Bonchev–Trinajstić information content (AvgIpc) is 2.73. The fourth-order valence-corrected chi connectivity index (χ4v) is 3.98. The Hall–Kier alpha value is -2.54. The molecule has 2 aliphatic rings. The van der Waals surface area contributed by atoms with Gasteiger partial charge in [-0.15, -0.1) is 0 Å². The monoisotopic (exact) mass is 366 g/mol. The molecule has 4 rings (SSSR count). The van der Waals surface area contributed by atoms with Crippen LogP contribution in [-0.2, 0) is 13.0 Å². The van der Waals surface area contributed by atoms with Gasteiger partial charge in [-0.2, -0.15) is 0 Å². The van der Waals surface area contributed by atoms with Crippen molar-refractivity contribution in [1.82, 2.24) is 24.8 Å². The van der Waals surface area contributed by atoms with Crippen LogP contribution in [0.25, 0.3) is 0 Å². The lowest BCUT2D eigenvalue weighted by molar-refractivity contribution is 0.0698. The Morgan fingerprint density at radius 1 is 1.26 bits per heavy atom. The van der Waals surface area contributed by atoms with Gasteiger partial charge in [0.1, 0.15) is 17.3 Å². The summed E-state index contributed by atoms with van der Waals surface area (Å²) < 4.78 is 0. The SMILES string of the molecule is CNc1nc(C2CCCN(C(=O)c3ccccn3)C2)nc2c1CN(C)CC2. The number of anilines is 1. The summed E-state index contributed by atoms with van der Waals surface area (Å²) in [6, 6.07) is 5.45. The van der Waals surface area contributed by atoms with Crippen molar-refractivity contribution in [3.8, 4) is 0 Å². The molecule has 7 heteroatoms. The molecule has 2 aromatic heterocycles. The van der Waals surface area contributed by atoms with Gasteiger partial charge < -0.3 is 15.1 Å². The number of pyridine rings is 1. The summed E-state index contributed by atoms with van der Waals surface area (Å²) in [6.07, 6.45) is 4.58. The van der Waals surface area contributed by atoms with Gasteiger partial charge in [0.05, 0.1) is 5.69 Å². The van der Waals surface area contributed by atoms with E-state index in [9.17, 15) is 4.79 Å². The number of fused-ring (bicyclic) bond motifs is 1. The molecule has 2 aliphatic heterocycles. The van der Waals surface area contributed by atoms with Crippen molar-refractivity contribution in [3.63, 3.8) is 0 Å². The summed E-state index contributed by atoms with van der Waals surface area (Å²) in [6.45, 7) is 3.31. The molecule has 1 atom stereocenters. The fourth-order valence-electron chi connectivity index (χ4n) is 3.98. The summed E-state index contributed by atoms with van der Waals surface area (Å²) in [4.78, 5) is 30.9. The summed E-state index contributed by atoms with van der Waals surface area (Å²) >= 11 is 0. The van der Waals surface area contributed by atoms with Crippen LogP contribution in [0, 0.1) is 0 Å². The van der Waals surface area contributed by atoms with Gasteiger partial charge in [-0.1, -0.05) is 6.07 Å². The van der Waals surface area contributed by atoms with E-state index in [1.807, 2.05) is 24.1 Å². The second-order valence-electron chi connectivity index (χ2n) is 7.40. The number of piperidine rings is 1. The van der Waals surface area contributed by atoms with E-state index in [4.69, 9.17) is 9.97 Å². The number of likely N-dealkylation sites (N-methyl/N-ethyl adjacent to an activating group) is 1. The number of hydrogen-bond acceptors (Lipinski definition) is 6. The van der Waals surface area contributed by atoms with Crippen molar-refractivity contribution < 1.29 is 4.79 Å². The van der Waals surface area contributed by atoms with Crippen molar-refractivity contribution >= 4 is 11.7 Å². The van der Waals surface area contributed by atoms with Crippen molar-refractivity contribution in [3.05, 3.63) is 47.2 Å². The van der Waals surface area contributed by atoms with Crippen LogP contribution in [0.3, 0.4) is 0 Å². The number of hydrogen-bond donors (Lipinski definition) is 1. The second kappa shape index (κ2) is 7.60. The molecule has 0 spiro atoms. The molecule has 1 N–H and O–H groups in total. The van der Waals surface area contributed by atoms with Crippen LogP contribution in [0.15, 0.2) is 24.4 Å². The molecule has 0 bridgehead atoms. The normalized spacial score (nSPS) is 20.2. The number of carbonyl (C=O) groups is 1. The van der Waals surface area contributed by atoms with Gasteiger partial charge in [0.2, 0.25) is 0 Å². The highest BCUT2D eigenvalue weighted by molar-refractivity contribution is 5.92. The molecular weight excluding hydrogens is 340 g/mol. The minimum atomic E-state index is -0.00581. The number of aromatic nitrogens is 3. The first-order chi connectivity index (χ1) is 13.2. The lowest BCUT2D eigenvalue weighted by atomic mass is 9.96. The van der Waals surface area contributed by atoms with Crippen LogP contribution in [0.5, 0.6) is 0 Å². The van der Waals surface area contributed by atoms with Crippen molar-refractivity contribution in [2.75, 3.05) is 39.0 Å². The molecule has 4 heterocycles. The summed E-state index contributed by atoms with van der Waals surface area (Å²) in [7, 11) is 4.04. The lowest BCUT2D eigenvalue weighted by Crippen LogP contribution is -2.40. The van der Waals surface area contributed by atoms with E-state index < -0.39 is 0 Å². The maximum absolute atomic E-state index is 12.8. The van der Waals surface area contributed by atoms with Crippen LogP contribution < -0.4 is 5.32 Å². The number of rotatable bonds is 3. The first kappa shape index (κ1) is 17.9. The van der Waals surface area contributed by atoms with Crippen LogP contribution in [-0.4, -0.2) is 64.4 Å². The van der Waals surface area contributed by atoms with E-state index >= 15 is 0 Å². The number of nitrogens with zero attached hydrogens (tertiary/aromatic N) is 5. The smallest absolute Gasteiger partial charge is 0.272 e. The number of amides is 1. The predicted octanol–water partition coefficient (Wildman–Crippen LogP) is 1.92. The molecule has 142 valence electrons. The van der Waals surface area contributed by atoms with Crippen LogP contribution in [0.1, 0.15) is 46.3 Å². The first-order valence-corrected chi connectivity index (χ1v) is 9.62. The van der Waals surface area contributed by atoms with Gasteiger partial charge in [-0.05, 0) is 32.0 Å². The lowest BCUT2D eigenvalue weighted by Gasteiger charge is -2.33. The van der Waals surface area contributed by atoms with E-state index in [0.717, 1.165) is 56.2 Å². The standard InChI is InChI=1S/C20H26N6O/c1-21-19-15-13-25(2)11-8-16(15)23-18(24-19)14-6-5-10-26(12-14)20(27)17-7-3-4-9-22-17/h3-4,7,9,14H,5-6,8,10-13H2,1-2H3,(H,21,23,24). The number of likely N-dealkylation sites (tertiary alicyclic amines) is 1. The molecule has 27 heavy (non-hydrogen) atoms. The van der Waals surface area contributed by atoms with Crippen LogP contribution in [0.4, 0.5) is 5.82 Å². The Morgan fingerprint density at radius 3 is 2.93 bits per heavy atom. The van der Waals surface area contributed by atoms with Crippen molar-refractivity contribution in [2.24, 2.45) is 0 Å². The number of nitrogens with one attached hydrogen (secondary N) is 1. The quantitative estimate of drug-likeness (QED) is 0.895. The minimum absolute atomic E-state index is 0.00581. The average molecular weight is 366 g/mol. The molecule has 0 aliphatic carbocycles. The molecule has 1 fully saturated rings. The van der Waals surface area contributed by atoms with E-state index in [2.05, 4.69) is 22.2 Å². The fraction of sp³-hybridized carbons (Fsp3) is 0.500. The van der Waals surface area contributed by atoms with Gasteiger partial charge in [0.15, 0.2) is 0 Å². The zero-order chi connectivity index (χ0) is 18.8. The van der Waals surface area contributed by atoms with Gasteiger partial charge in [-0.25, -0.2) is 9.97 Å². The Kier molecular flexibility index (Phi) is 5.03. The maximum Gasteiger partial charge on any atom is 0.272 e. The molecular formula is C20H26N6O. The predicted molar refractivity (Wildman–Crippen MR) is 104 cm³/mol. The van der Waals surface area contributed by atoms with Crippen LogP contribution in [0.2, 0.25) is 0 Å². The molecule has 0 saturated carbocycles. The molecule has 1 saturated heterocycles. The first-order valence-electron chi connectivity index (χ1n) is 9.62. The van der Waals surface area contributed by atoms with Crippen molar-refractivity contribution in [1.29, 1.82) is 0 Å². The molecule has 1 unspecified atom stereocenters. The minimum Gasteiger partial charge on any atom is -0.373 e. The molecule has 2 aromatic rings. The van der Waals surface area contributed by atoms with Gasteiger partial charge >= 0.3 is 0 Å². The third-order valence-electron chi connectivity index (χ3n) is 5.46. The van der Waals surface area contributed by atoms with E-state index in [1.54, 1.807) is 12.3 Å². The molecule has 0 radical (unpaired) electrons.